The molecule has 158 valence electrons. The van der Waals surface area contributed by atoms with E-state index in [1.807, 2.05) is 36.4 Å². The summed E-state index contributed by atoms with van der Waals surface area (Å²) in [4.78, 5) is 13.1. The summed E-state index contributed by atoms with van der Waals surface area (Å²) in [6.45, 7) is 0.385. The second kappa shape index (κ2) is 8.37. The molecule has 0 aliphatic carbocycles. The van der Waals surface area contributed by atoms with Gasteiger partial charge in [-0.2, -0.15) is 0 Å². The van der Waals surface area contributed by atoms with Gasteiger partial charge in [0.05, 0.1) is 12.3 Å². The summed E-state index contributed by atoms with van der Waals surface area (Å²) in [5, 5.41) is 2.76. The number of methoxy groups -OCH3 is 1. The fourth-order valence-corrected chi connectivity index (χ4v) is 5.16. The van der Waals surface area contributed by atoms with Crippen molar-refractivity contribution in [2.75, 3.05) is 23.8 Å². The Hall–Kier alpha value is -3.42. The number of hydrogen-bond acceptors (Lipinski definition) is 4. The maximum atomic E-state index is 13.4. The van der Waals surface area contributed by atoms with Crippen LogP contribution in [0.4, 0.5) is 11.4 Å². The van der Waals surface area contributed by atoms with Crippen LogP contribution in [0.15, 0.2) is 83.8 Å². The van der Waals surface area contributed by atoms with E-state index in [0.29, 0.717) is 34.7 Å². The van der Waals surface area contributed by atoms with Crippen LogP contribution < -0.4 is 9.62 Å². The molecule has 0 saturated heterocycles. The van der Waals surface area contributed by atoms with Crippen LogP contribution in [0.2, 0.25) is 0 Å². The Morgan fingerprint density at radius 1 is 0.968 bits per heavy atom. The number of anilines is 2. The number of benzene rings is 3. The highest BCUT2D eigenvalue weighted by atomic mass is 32.2. The van der Waals surface area contributed by atoms with E-state index < -0.39 is 15.9 Å². The zero-order valence-electron chi connectivity index (χ0n) is 17.2. The van der Waals surface area contributed by atoms with E-state index in [4.69, 9.17) is 4.74 Å². The van der Waals surface area contributed by atoms with Gasteiger partial charge < -0.3 is 10.1 Å². The third-order valence-corrected chi connectivity index (χ3v) is 6.95. The SMILES string of the molecule is COCc1cccc(NC(=O)C2=C(c3ccccc3)c3ccccc3N(C)S2(=O)=O)c1. The average Bonchev–Trinajstić information content (AvgIpc) is 2.77. The molecule has 6 nitrogen and oxygen atoms in total. The molecule has 3 aromatic rings. The number of para-hydroxylation sites is 1. The van der Waals surface area contributed by atoms with Crippen LogP contribution in [0.3, 0.4) is 0 Å². The van der Waals surface area contributed by atoms with Crippen LogP contribution in [-0.2, 0) is 26.2 Å². The van der Waals surface area contributed by atoms with Crippen molar-refractivity contribution in [3.63, 3.8) is 0 Å². The van der Waals surface area contributed by atoms with Crippen LogP contribution in [0.1, 0.15) is 16.7 Å². The van der Waals surface area contributed by atoms with Crippen molar-refractivity contribution in [2.45, 2.75) is 6.61 Å². The molecule has 0 unspecified atom stereocenters. The van der Waals surface area contributed by atoms with Crippen LogP contribution >= 0.6 is 0 Å². The number of carbonyl (C=O) groups is 1. The van der Waals surface area contributed by atoms with Crippen molar-refractivity contribution in [3.05, 3.63) is 100 Å². The first kappa shape index (κ1) is 20.8. The molecule has 31 heavy (non-hydrogen) atoms. The van der Waals surface area contributed by atoms with E-state index in [-0.39, 0.29) is 4.91 Å². The molecule has 1 N–H and O–H groups in total. The Balaban J connectivity index is 1.90. The first-order valence-corrected chi connectivity index (χ1v) is 11.1. The molecular formula is C24H22N2O4S. The first-order valence-electron chi connectivity index (χ1n) is 9.70. The second-order valence-corrected chi connectivity index (χ2v) is 9.05. The summed E-state index contributed by atoms with van der Waals surface area (Å²) in [5.41, 5.74) is 3.62. The van der Waals surface area contributed by atoms with E-state index in [1.165, 1.54) is 7.05 Å². The van der Waals surface area contributed by atoms with Gasteiger partial charge in [-0.15, -0.1) is 0 Å². The molecule has 0 bridgehead atoms. The van der Waals surface area contributed by atoms with Crippen molar-refractivity contribution < 1.29 is 17.9 Å². The van der Waals surface area contributed by atoms with E-state index in [2.05, 4.69) is 5.32 Å². The molecule has 1 amide bonds. The molecule has 1 heterocycles. The largest absolute Gasteiger partial charge is 0.380 e. The number of sulfonamides is 1. The number of nitrogens with one attached hydrogen (secondary N) is 1. The minimum atomic E-state index is -4.08. The topological polar surface area (TPSA) is 75.7 Å². The summed E-state index contributed by atoms with van der Waals surface area (Å²) in [6.07, 6.45) is 0. The Morgan fingerprint density at radius 3 is 2.42 bits per heavy atom. The molecule has 7 heteroatoms. The Bertz CT molecular complexity index is 1270. The summed E-state index contributed by atoms with van der Waals surface area (Å²) in [5.74, 6) is -0.685. The maximum absolute atomic E-state index is 13.4. The number of hydrogen-bond donors (Lipinski definition) is 1. The number of ether oxygens (including phenoxy) is 1. The molecule has 1 aliphatic heterocycles. The summed E-state index contributed by atoms with van der Waals surface area (Å²) < 4.78 is 33.2. The predicted octanol–water partition coefficient (Wildman–Crippen LogP) is 4.01. The molecular weight excluding hydrogens is 412 g/mol. The van der Waals surface area contributed by atoms with Crippen LogP contribution in [0, 0.1) is 0 Å². The number of rotatable bonds is 5. The minimum Gasteiger partial charge on any atom is -0.380 e. The van der Waals surface area contributed by atoms with Crippen molar-refractivity contribution >= 4 is 32.9 Å². The quantitative estimate of drug-likeness (QED) is 0.658. The Labute approximate surface area is 181 Å². The third kappa shape index (κ3) is 3.85. The van der Waals surface area contributed by atoms with Gasteiger partial charge in [-0.05, 0) is 29.3 Å². The highest BCUT2D eigenvalue weighted by Gasteiger charge is 2.39. The summed E-state index contributed by atoms with van der Waals surface area (Å²) in [7, 11) is -1.03. The lowest BCUT2D eigenvalue weighted by molar-refractivity contribution is -0.112. The molecule has 0 spiro atoms. The molecule has 1 aliphatic rings. The van der Waals surface area contributed by atoms with E-state index in [9.17, 15) is 13.2 Å². The van der Waals surface area contributed by atoms with Gasteiger partial charge in [-0.3, -0.25) is 9.10 Å². The number of fused-ring (bicyclic) bond motifs is 1. The van der Waals surface area contributed by atoms with Crippen LogP contribution in [0.5, 0.6) is 0 Å². The van der Waals surface area contributed by atoms with Gasteiger partial charge in [0.1, 0.15) is 0 Å². The molecule has 0 aromatic heterocycles. The maximum Gasteiger partial charge on any atom is 0.270 e. The number of carbonyl (C=O) groups excluding carboxylic acids is 1. The number of nitrogens with zero attached hydrogens (tertiary/aromatic N) is 1. The van der Waals surface area contributed by atoms with Crippen molar-refractivity contribution in [3.8, 4) is 0 Å². The van der Waals surface area contributed by atoms with E-state index in [0.717, 1.165) is 9.87 Å². The fourth-order valence-electron chi connectivity index (χ4n) is 3.69. The van der Waals surface area contributed by atoms with Crippen molar-refractivity contribution in [1.29, 1.82) is 0 Å². The van der Waals surface area contributed by atoms with Gasteiger partial charge in [-0.25, -0.2) is 8.42 Å². The summed E-state index contributed by atoms with van der Waals surface area (Å²) >= 11 is 0. The van der Waals surface area contributed by atoms with Gasteiger partial charge in [0.25, 0.3) is 15.9 Å². The monoisotopic (exact) mass is 434 g/mol. The zero-order chi connectivity index (χ0) is 22.0. The van der Waals surface area contributed by atoms with Crippen molar-refractivity contribution in [1.82, 2.24) is 0 Å². The summed E-state index contributed by atoms with van der Waals surface area (Å²) in [6, 6.07) is 23.4. The minimum absolute atomic E-state index is 0.281. The standard InChI is InChI=1S/C24H22N2O4S/c1-26-21-14-7-6-13-20(21)22(18-10-4-3-5-11-18)23(31(26,28)29)24(27)25-19-12-8-9-17(15-19)16-30-2/h3-15H,16H2,1-2H3,(H,25,27). The third-order valence-electron chi connectivity index (χ3n) is 5.12. The molecule has 4 rings (SSSR count). The van der Waals surface area contributed by atoms with Crippen LogP contribution in [0.25, 0.3) is 5.57 Å². The first-order chi connectivity index (χ1) is 14.9. The van der Waals surface area contributed by atoms with Crippen molar-refractivity contribution in [2.24, 2.45) is 0 Å². The normalized spacial score (nSPS) is 14.8. The fraction of sp³-hybridized carbons (Fsp3) is 0.125. The smallest absolute Gasteiger partial charge is 0.270 e. The lowest BCUT2D eigenvalue weighted by Crippen LogP contribution is -2.37. The highest BCUT2D eigenvalue weighted by molar-refractivity contribution is 7.97. The van der Waals surface area contributed by atoms with Crippen LogP contribution in [-0.4, -0.2) is 28.5 Å². The van der Waals surface area contributed by atoms with Gasteiger partial charge in [0.2, 0.25) is 0 Å². The Kier molecular flexibility index (Phi) is 5.63. The highest BCUT2D eigenvalue weighted by Crippen LogP contribution is 2.42. The Morgan fingerprint density at radius 2 is 1.68 bits per heavy atom. The average molecular weight is 435 g/mol. The molecule has 3 aromatic carbocycles. The lowest BCUT2D eigenvalue weighted by atomic mass is 9.95. The van der Waals surface area contributed by atoms with Gasteiger partial charge in [0.15, 0.2) is 4.91 Å². The zero-order valence-corrected chi connectivity index (χ0v) is 18.0. The molecule has 0 fully saturated rings. The van der Waals surface area contributed by atoms with Gasteiger partial charge in [0, 0.05) is 31.0 Å². The molecule has 0 atom stereocenters. The number of amides is 1. The van der Waals surface area contributed by atoms with E-state index in [1.54, 1.807) is 49.6 Å². The van der Waals surface area contributed by atoms with E-state index >= 15 is 0 Å². The molecule has 0 saturated carbocycles. The second-order valence-electron chi connectivity index (χ2n) is 7.15. The molecule has 0 radical (unpaired) electrons. The van der Waals surface area contributed by atoms with Gasteiger partial charge in [-0.1, -0.05) is 60.7 Å². The van der Waals surface area contributed by atoms with Gasteiger partial charge >= 0.3 is 0 Å². The lowest BCUT2D eigenvalue weighted by Gasteiger charge is -2.30. The predicted molar refractivity (Wildman–Crippen MR) is 122 cm³/mol.